The first-order chi connectivity index (χ1) is 11.8. The second-order valence-electron chi connectivity index (χ2n) is 5.63. The molecule has 24 heavy (non-hydrogen) atoms. The minimum absolute atomic E-state index is 0.718. The summed E-state index contributed by atoms with van der Waals surface area (Å²) in [7, 11) is 0. The summed E-state index contributed by atoms with van der Waals surface area (Å²) in [5.74, 6) is 0.797. The van der Waals surface area contributed by atoms with Crippen LogP contribution in [0.5, 0.6) is 0 Å². The fourth-order valence-electron chi connectivity index (χ4n) is 2.73. The van der Waals surface area contributed by atoms with Crippen molar-refractivity contribution in [1.82, 2.24) is 19.7 Å². The lowest BCUT2D eigenvalue weighted by Gasteiger charge is -2.09. The lowest BCUT2D eigenvalue weighted by atomic mass is 10.1. The molecule has 0 fully saturated rings. The molecule has 4 aromatic rings. The van der Waals surface area contributed by atoms with Crippen LogP contribution in [0.15, 0.2) is 67.1 Å². The molecule has 1 N–H and O–H groups in total. The average Bonchev–Trinajstić information content (AvgIpc) is 3.06. The topological polar surface area (TPSA) is 55.6 Å². The first kappa shape index (κ1) is 14.4. The first-order valence-corrected chi connectivity index (χ1v) is 7.85. The molecule has 5 nitrogen and oxygen atoms in total. The molecule has 0 aliphatic rings. The fourth-order valence-corrected chi connectivity index (χ4v) is 2.73. The van der Waals surface area contributed by atoms with E-state index in [1.54, 1.807) is 6.33 Å². The van der Waals surface area contributed by atoms with Gasteiger partial charge in [-0.15, -0.1) is 0 Å². The van der Waals surface area contributed by atoms with Gasteiger partial charge in [0.2, 0.25) is 0 Å². The number of aromatic nitrogens is 4. The van der Waals surface area contributed by atoms with Crippen molar-refractivity contribution in [3.05, 3.63) is 78.2 Å². The highest BCUT2D eigenvalue weighted by atomic mass is 15.3. The van der Waals surface area contributed by atoms with Gasteiger partial charge in [-0.3, -0.25) is 0 Å². The molecule has 0 saturated carbocycles. The summed E-state index contributed by atoms with van der Waals surface area (Å²) in [6, 6.07) is 18.3. The highest BCUT2D eigenvalue weighted by molar-refractivity contribution is 5.87. The van der Waals surface area contributed by atoms with Crippen LogP contribution < -0.4 is 5.32 Å². The van der Waals surface area contributed by atoms with E-state index in [9.17, 15) is 0 Å². The molecule has 2 aromatic heterocycles. The Balaban J connectivity index is 1.68. The first-order valence-electron chi connectivity index (χ1n) is 7.85. The van der Waals surface area contributed by atoms with Crippen LogP contribution >= 0.6 is 0 Å². The maximum Gasteiger partial charge on any atom is 0.168 e. The Bertz CT molecular complexity index is 975. The SMILES string of the molecule is Cc1ccccc1CNc1ncnc2c1cnn2-c1ccccc1. The van der Waals surface area contributed by atoms with Crippen LogP contribution in [0, 0.1) is 6.92 Å². The minimum Gasteiger partial charge on any atom is -0.365 e. The second kappa shape index (κ2) is 6.12. The zero-order chi connectivity index (χ0) is 16.4. The van der Waals surface area contributed by atoms with Gasteiger partial charge in [0.15, 0.2) is 5.65 Å². The molecule has 0 spiro atoms. The summed E-state index contributed by atoms with van der Waals surface area (Å²) in [6.07, 6.45) is 3.38. The van der Waals surface area contributed by atoms with Gasteiger partial charge in [0.1, 0.15) is 12.1 Å². The number of nitrogens with one attached hydrogen (secondary N) is 1. The Hall–Kier alpha value is -3.21. The van der Waals surface area contributed by atoms with E-state index >= 15 is 0 Å². The van der Waals surface area contributed by atoms with Crippen molar-refractivity contribution >= 4 is 16.9 Å². The lowest BCUT2D eigenvalue weighted by Crippen LogP contribution is -2.04. The van der Waals surface area contributed by atoms with Crippen LogP contribution in [0.1, 0.15) is 11.1 Å². The zero-order valence-corrected chi connectivity index (χ0v) is 13.3. The predicted octanol–water partition coefficient (Wildman–Crippen LogP) is 3.74. The predicted molar refractivity (Wildman–Crippen MR) is 95.2 cm³/mol. The van der Waals surface area contributed by atoms with Crippen LogP contribution in [0.25, 0.3) is 16.7 Å². The molecule has 0 radical (unpaired) electrons. The Labute approximate surface area is 140 Å². The number of para-hydroxylation sites is 1. The molecule has 0 saturated heterocycles. The maximum atomic E-state index is 4.47. The summed E-state index contributed by atoms with van der Waals surface area (Å²) in [5, 5.41) is 8.79. The molecule has 118 valence electrons. The van der Waals surface area contributed by atoms with Crippen molar-refractivity contribution in [2.45, 2.75) is 13.5 Å². The summed E-state index contributed by atoms with van der Waals surface area (Å²) in [6.45, 7) is 2.83. The summed E-state index contributed by atoms with van der Waals surface area (Å²) in [5.41, 5.74) is 4.29. The van der Waals surface area contributed by atoms with Gasteiger partial charge in [-0.05, 0) is 30.2 Å². The number of hydrogen-bond acceptors (Lipinski definition) is 4. The third-order valence-corrected chi connectivity index (χ3v) is 4.07. The van der Waals surface area contributed by atoms with Crippen molar-refractivity contribution in [2.24, 2.45) is 0 Å². The van der Waals surface area contributed by atoms with Gasteiger partial charge in [-0.1, -0.05) is 42.5 Å². The van der Waals surface area contributed by atoms with E-state index in [1.807, 2.05) is 53.3 Å². The van der Waals surface area contributed by atoms with Crippen LogP contribution in [0.2, 0.25) is 0 Å². The van der Waals surface area contributed by atoms with Crippen molar-refractivity contribution in [1.29, 1.82) is 0 Å². The molecular formula is C19H17N5. The molecule has 0 amide bonds. The molecule has 0 atom stereocenters. The van der Waals surface area contributed by atoms with Gasteiger partial charge >= 0.3 is 0 Å². The minimum atomic E-state index is 0.718. The fraction of sp³-hybridized carbons (Fsp3) is 0.105. The van der Waals surface area contributed by atoms with E-state index in [2.05, 4.69) is 39.4 Å². The lowest BCUT2D eigenvalue weighted by molar-refractivity contribution is 0.895. The number of anilines is 1. The number of benzene rings is 2. The van der Waals surface area contributed by atoms with E-state index in [-0.39, 0.29) is 0 Å². The third kappa shape index (κ3) is 2.60. The van der Waals surface area contributed by atoms with Gasteiger partial charge in [-0.25, -0.2) is 14.6 Å². The van der Waals surface area contributed by atoms with Gasteiger partial charge < -0.3 is 5.32 Å². The monoisotopic (exact) mass is 315 g/mol. The Morgan fingerprint density at radius 2 is 1.75 bits per heavy atom. The highest BCUT2D eigenvalue weighted by Gasteiger charge is 2.11. The van der Waals surface area contributed by atoms with E-state index in [0.29, 0.717) is 0 Å². The van der Waals surface area contributed by atoms with Gasteiger partial charge in [-0.2, -0.15) is 5.10 Å². The summed E-state index contributed by atoms with van der Waals surface area (Å²) in [4.78, 5) is 8.78. The largest absolute Gasteiger partial charge is 0.365 e. The van der Waals surface area contributed by atoms with Crippen LogP contribution in [-0.2, 0) is 6.54 Å². The van der Waals surface area contributed by atoms with Gasteiger partial charge in [0, 0.05) is 6.54 Å². The average molecular weight is 315 g/mol. The molecule has 0 aliphatic carbocycles. The van der Waals surface area contributed by atoms with Crippen molar-refractivity contribution in [2.75, 3.05) is 5.32 Å². The smallest absolute Gasteiger partial charge is 0.168 e. The van der Waals surface area contributed by atoms with E-state index in [1.165, 1.54) is 11.1 Å². The van der Waals surface area contributed by atoms with Crippen molar-refractivity contribution in [3.63, 3.8) is 0 Å². The molecule has 0 aliphatic heterocycles. The van der Waals surface area contributed by atoms with Crippen LogP contribution in [0.4, 0.5) is 5.82 Å². The number of rotatable bonds is 4. The Morgan fingerprint density at radius 1 is 0.958 bits per heavy atom. The molecule has 4 rings (SSSR count). The van der Waals surface area contributed by atoms with E-state index < -0.39 is 0 Å². The number of fused-ring (bicyclic) bond motifs is 1. The number of hydrogen-bond donors (Lipinski definition) is 1. The standard InChI is InChI=1S/C19H17N5/c1-14-7-5-6-8-15(14)11-20-18-17-12-23-24(19(17)22-13-21-18)16-9-3-2-4-10-16/h2-10,12-13H,11H2,1H3,(H,20,21,22). The normalized spacial score (nSPS) is 10.9. The molecule has 2 aromatic carbocycles. The van der Waals surface area contributed by atoms with Gasteiger partial charge in [0.25, 0.3) is 0 Å². The van der Waals surface area contributed by atoms with Crippen LogP contribution in [-0.4, -0.2) is 19.7 Å². The van der Waals surface area contributed by atoms with Crippen molar-refractivity contribution in [3.8, 4) is 5.69 Å². The molecular weight excluding hydrogens is 298 g/mol. The quantitative estimate of drug-likeness (QED) is 0.623. The summed E-state index contributed by atoms with van der Waals surface area (Å²) < 4.78 is 1.83. The number of nitrogens with zero attached hydrogens (tertiary/aromatic N) is 4. The number of aryl methyl sites for hydroxylation is 1. The van der Waals surface area contributed by atoms with E-state index in [0.717, 1.165) is 29.1 Å². The second-order valence-corrected chi connectivity index (χ2v) is 5.63. The summed E-state index contributed by atoms with van der Waals surface area (Å²) >= 11 is 0. The third-order valence-electron chi connectivity index (χ3n) is 4.07. The van der Waals surface area contributed by atoms with E-state index in [4.69, 9.17) is 0 Å². The molecule has 0 unspecified atom stereocenters. The van der Waals surface area contributed by atoms with Crippen molar-refractivity contribution < 1.29 is 0 Å². The Kier molecular flexibility index (Phi) is 3.67. The molecule has 5 heteroatoms. The maximum absolute atomic E-state index is 4.47. The highest BCUT2D eigenvalue weighted by Crippen LogP contribution is 2.22. The van der Waals surface area contributed by atoms with Gasteiger partial charge in [0.05, 0.1) is 17.3 Å². The zero-order valence-electron chi connectivity index (χ0n) is 13.3. The molecule has 2 heterocycles. The van der Waals surface area contributed by atoms with Crippen LogP contribution in [0.3, 0.4) is 0 Å². The Morgan fingerprint density at radius 3 is 2.58 bits per heavy atom. The molecule has 0 bridgehead atoms.